The van der Waals surface area contributed by atoms with Crippen LogP contribution in [-0.4, -0.2) is 11.5 Å². The van der Waals surface area contributed by atoms with E-state index in [1.54, 1.807) is 0 Å². The van der Waals surface area contributed by atoms with Gasteiger partial charge in [-0.25, -0.2) is 0 Å². The lowest BCUT2D eigenvalue weighted by Gasteiger charge is -2.34. The maximum Gasteiger partial charge on any atom is 0.0761 e. The summed E-state index contributed by atoms with van der Waals surface area (Å²) in [5, 5.41) is 4.28. The molecule has 1 aliphatic carbocycles. The van der Waals surface area contributed by atoms with Crippen molar-refractivity contribution in [3.8, 4) is 0 Å². The van der Waals surface area contributed by atoms with Crippen molar-refractivity contribution in [2.24, 2.45) is 5.92 Å². The number of hydrogen-bond acceptors (Lipinski definition) is 2. The minimum absolute atomic E-state index is 0.345. The average Bonchev–Trinajstić information content (AvgIpc) is 2.15. The summed E-state index contributed by atoms with van der Waals surface area (Å²) in [7, 11) is 0. The average molecular weight is 225 g/mol. The molecular formula is C12H17ClN2. The summed E-state index contributed by atoms with van der Waals surface area (Å²) < 4.78 is 0. The first kappa shape index (κ1) is 10.9. The van der Waals surface area contributed by atoms with E-state index in [1.807, 2.05) is 18.3 Å². The molecule has 0 aromatic carbocycles. The second-order valence-electron chi connectivity index (χ2n) is 4.10. The molecule has 1 atom stereocenters. The van der Waals surface area contributed by atoms with E-state index in [9.17, 15) is 0 Å². The molecule has 2 rings (SSSR count). The van der Waals surface area contributed by atoms with E-state index in [0.717, 1.165) is 23.2 Å². The SMILES string of the molecule is CCNC(c1ncccc1Cl)C1CCC1. The number of hydrogen-bond donors (Lipinski definition) is 1. The number of aromatic nitrogens is 1. The van der Waals surface area contributed by atoms with E-state index in [0.29, 0.717) is 6.04 Å². The molecule has 1 saturated carbocycles. The van der Waals surface area contributed by atoms with Crippen molar-refractivity contribution < 1.29 is 0 Å². The number of nitrogens with one attached hydrogen (secondary N) is 1. The maximum atomic E-state index is 6.18. The number of halogens is 1. The highest BCUT2D eigenvalue weighted by molar-refractivity contribution is 6.31. The molecule has 0 bridgehead atoms. The fraction of sp³-hybridized carbons (Fsp3) is 0.583. The van der Waals surface area contributed by atoms with Gasteiger partial charge in [-0.15, -0.1) is 0 Å². The van der Waals surface area contributed by atoms with Crippen LogP contribution < -0.4 is 5.32 Å². The smallest absolute Gasteiger partial charge is 0.0761 e. The summed E-state index contributed by atoms with van der Waals surface area (Å²) in [4.78, 5) is 4.41. The van der Waals surface area contributed by atoms with E-state index < -0.39 is 0 Å². The van der Waals surface area contributed by atoms with Gasteiger partial charge in [0, 0.05) is 6.20 Å². The third kappa shape index (κ3) is 2.32. The fourth-order valence-corrected chi connectivity index (χ4v) is 2.35. The van der Waals surface area contributed by atoms with E-state index in [1.165, 1.54) is 19.3 Å². The topological polar surface area (TPSA) is 24.9 Å². The second kappa shape index (κ2) is 4.95. The van der Waals surface area contributed by atoms with Crippen LogP contribution in [0.15, 0.2) is 18.3 Å². The van der Waals surface area contributed by atoms with Crippen LogP contribution in [0.5, 0.6) is 0 Å². The van der Waals surface area contributed by atoms with Crippen molar-refractivity contribution >= 4 is 11.6 Å². The summed E-state index contributed by atoms with van der Waals surface area (Å²) >= 11 is 6.18. The van der Waals surface area contributed by atoms with Gasteiger partial charge in [-0.05, 0) is 37.4 Å². The Hall–Kier alpha value is -0.600. The highest BCUT2D eigenvalue weighted by Crippen LogP contribution is 2.38. The molecule has 0 amide bonds. The zero-order chi connectivity index (χ0) is 10.7. The van der Waals surface area contributed by atoms with E-state index in [2.05, 4.69) is 17.2 Å². The van der Waals surface area contributed by atoms with Crippen molar-refractivity contribution in [3.63, 3.8) is 0 Å². The van der Waals surface area contributed by atoms with E-state index in [-0.39, 0.29) is 0 Å². The van der Waals surface area contributed by atoms with Gasteiger partial charge in [0.05, 0.1) is 16.8 Å². The number of nitrogens with zero attached hydrogens (tertiary/aromatic N) is 1. The first-order valence-corrected chi connectivity index (χ1v) is 6.04. The first-order valence-electron chi connectivity index (χ1n) is 5.66. The molecule has 1 aromatic heterocycles. The Kier molecular flexibility index (Phi) is 3.60. The van der Waals surface area contributed by atoms with Gasteiger partial charge in [-0.1, -0.05) is 24.9 Å². The Morgan fingerprint density at radius 2 is 2.40 bits per heavy atom. The molecule has 1 fully saturated rings. The monoisotopic (exact) mass is 224 g/mol. The zero-order valence-electron chi connectivity index (χ0n) is 9.04. The Morgan fingerprint density at radius 3 is 2.93 bits per heavy atom. The van der Waals surface area contributed by atoms with Gasteiger partial charge in [0.2, 0.25) is 0 Å². The van der Waals surface area contributed by atoms with Crippen LogP contribution in [0, 0.1) is 5.92 Å². The van der Waals surface area contributed by atoms with Crippen LogP contribution in [-0.2, 0) is 0 Å². The van der Waals surface area contributed by atoms with Gasteiger partial charge < -0.3 is 5.32 Å². The van der Waals surface area contributed by atoms with Crippen molar-refractivity contribution in [1.29, 1.82) is 0 Å². The molecule has 1 unspecified atom stereocenters. The normalized spacial score (nSPS) is 18.5. The molecule has 82 valence electrons. The quantitative estimate of drug-likeness (QED) is 0.850. The van der Waals surface area contributed by atoms with Crippen molar-refractivity contribution in [2.75, 3.05) is 6.54 Å². The van der Waals surface area contributed by atoms with Crippen molar-refractivity contribution in [2.45, 2.75) is 32.2 Å². The van der Waals surface area contributed by atoms with Crippen LogP contribution in [0.3, 0.4) is 0 Å². The molecule has 1 N–H and O–H groups in total. The summed E-state index contributed by atoms with van der Waals surface area (Å²) in [5.41, 5.74) is 1.02. The molecule has 0 aliphatic heterocycles. The van der Waals surface area contributed by atoms with E-state index >= 15 is 0 Å². The Labute approximate surface area is 96.1 Å². The van der Waals surface area contributed by atoms with Crippen LogP contribution in [0.4, 0.5) is 0 Å². The van der Waals surface area contributed by atoms with Crippen molar-refractivity contribution in [1.82, 2.24) is 10.3 Å². The van der Waals surface area contributed by atoms with Crippen LogP contribution in [0.1, 0.15) is 37.9 Å². The number of pyridine rings is 1. The molecule has 0 radical (unpaired) electrons. The molecule has 0 spiro atoms. The van der Waals surface area contributed by atoms with Crippen LogP contribution in [0.2, 0.25) is 5.02 Å². The third-order valence-corrected chi connectivity index (χ3v) is 3.45. The summed E-state index contributed by atoms with van der Waals surface area (Å²) in [5.74, 6) is 0.720. The van der Waals surface area contributed by atoms with Crippen molar-refractivity contribution in [3.05, 3.63) is 29.0 Å². The molecule has 1 aromatic rings. The highest BCUT2D eigenvalue weighted by atomic mass is 35.5. The Morgan fingerprint density at radius 1 is 1.60 bits per heavy atom. The summed E-state index contributed by atoms with van der Waals surface area (Å²) in [6.07, 6.45) is 5.76. The summed E-state index contributed by atoms with van der Waals surface area (Å²) in [6, 6.07) is 4.15. The van der Waals surface area contributed by atoms with Crippen LogP contribution in [0.25, 0.3) is 0 Å². The van der Waals surface area contributed by atoms with Gasteiger partial charge in [0.1, 0.15) is 0 Å². The Bertz CT molecular complexity index is 323. The van der Waals surface area contributed by atoms with Gasteiger partial charge in [0.25, 0.3) is 0 Å². The zero-order valence-corrected chi connectivity index (χ0v) is 9.80. The predicted octanol–water partition coefficient (Wildman–Crippen LogP) is 3.19. The molecule has 15 heavy (non-hydrogen) atoms. The largest absolute Gasteiger partial charge is 0.309 e. The highest BCUT2D eigenvalue weighted by Gasteiger charge is 2.29. The summed E-state index contributed by atoms with van der Waals surface area (Å²) in [6.45, 7) is 3.09. The standard InChI is InChI=1S/C12H17ClN2/c1-2-14-11(9-5-3-6-9)12-10(13)7-4-8-15-12/h4,7-9,11,14H,2-3,5-6H2,1H3. The molecule has 0 saturated heterocycles. The number of rotatable bonds is 4. The molecule has 1 aliphatic rings. The maximum absolute atomic E-state index is 6.18. The van der Waals surface area contributed by atoms with Gasteiger partial charge in [-0.2, -0.15) is 0 Å². The Balaban J connectivity index is 2.19. The molecule has 3 heteroatoms. The van der Waals surface area contributed by atoms with Gasteiger partial charge in [-0.3, -0.25) is 4.98 Å². The fourth-order valence-electron chi connectivity index (χ4n) is 2.11. The van der Waals surface area contributed by atoms with Gasteiger partial charge >= 0.3 is 0 Å². The van der Waals surface area contributed by atoms with Crippen LogP contribution >= 0.6 is 11.6 Å². The minimum atomic E-state index is 0.345. The lowest BCUT2D eigenvalue weighted by Crippen LogP contribution is -2.32. The molecule has 1 heterocycles. The lowest BCUT2D eigenvalue weighted by molar-refractivity contribution is 0.230. The molecule has 2 nitrogen and oxygen atoms in total. The lowest BCUT2D eigenvalue weighted by atomic mass is 9.78. The van der Waals surface area contributed by atoms with E-state index in [4.69, 9.17) is 11.6 Å². The van der Waals surface area contributed by atoms with Gasteiger partial charge in [0.15, 0.2) is 0 Å². The second-order valence-corrected chi connectivity index (χ2v) is 4.50. The third-order valence-electron chi connectivity index (χ3n) is 3.13. The first-order chi connectivity index (χ1) is 7.33. The predicted molar refractivity (Wildman–Crippen MR) is 63.0 cm³/mol. The molecular weight excluding hydrogens is 208 g/mol. The minimum Gasteiger partial charge on any atom is -0.309 e.